The summed E-state index contributed by atoms with van der Waals surface area (Å²) in [6.45, 7) is -0.422. The number of amides is 1. The van der Waals surface area contributed by atoms with E-state index in [1.807, 2.05) is 0 Å². The van der Waals surface area contributed by atoms with E-state index < -0.39 is 37.4 Å². The monoisotopic (exact) mass is 304 g/mol. The molecule has 104 valence electrons. The highest BCUT2D eigenvalue weighted by Crippen LogP contribution is 2.31. The van der Waals surface area contributed by atoms with Crippen LogP contribution in [0.5, 0.6) is 0 Å². The van der Waals surface area contributed by atoms with Crippen LogP contribution in [-0.2, 0) is 24.7 Å². The number of hydrogen-bond donors (Lipinski definition) is 1. The number of nitrogens with one attached hydrogen (secondary N) is 1. The maximum absolute atomic E-state index is 12.1. The SMILES string of the molecule is CS(=O)(=O)CS(=O)(=O)N1CC(=O)Nc2ccccc21. The lowest BCUT2D eigenvalue weighted by atomic mass is 10.2. The van der Waals surface area contributed by atoms with Gasteiger partial charge in [0.25, 0.3) is 0 Å². The molecule has 1 aromatic rings. The average Bonchev–Trinajstić information content (AvgIpc) is 2.24. The van der Waals surface area contributed by atoms with Crippen LogP contribution < -0.4 is 9.62 Å². The summed E-state index contributed by atoms with van der Waals surface area (Å²) < 4.78 is 47.3. The van der Waals surface area contributed by atoms with Gasteiger partial charge in [0.15, 0.2) is 14.9 Å². The number of hydrogen-bond acceptors (Lipinski definition) is 5. The van der Waals surface area contributed by atoms with Crippen LogP contribution in [0.2, 0.25) is 0 Å². The molecule has 0 saturated carbocycles. The molecule has 2 rings (SSSR count). The van der Waals surface area contributed by atoms with Gasteiger partial charge in [0.1, 0.15) is 6.54 Å². The lowest BCUT2D eigenvalue weighted by Crippen LogP contribution is -2.44. The third-order valence-electron chi connectivity index (χ3n) is 2.43. The quantitative estimate of drug-likeness (QED) is 0.832. The van der Waals surface area contributed by atoms with Gasteiger partial charge in [0, 0.05) is 6.26 Å². The van der Waals surface area contributed by atoms with Crippen LogP contribution >= 0.6 is 0 Å². The van der Waals surface area contributed by atoms with Crippen molar-refractivity contribution in [1.29, 1.82) is 0 Å². The number of nitrogens with zero attached hydrogens (tertiary/aromatic N) is 1. The Bertz CT molecular complexity index is 724. The third-order valence-corrected chi connectivity index (χ3v) is 6.33. The third kappa shape index (κ3) is 3.04. The standard InChI is InChI=1S/C10H12N2O5S2/c1-18(14,15)7-19(16,17)12-6-10(13)11-8-4-2-3-5-9(8)12/h2-5H,6-7H2,1H3,(H,11,13). The lowest BCUT2D eigenvalue weighted by Gasteiger charge is -2.29. The molecule has 0 spiro atoms. The Hall–Kier alpha value is -1.61. The van der Waals surface area contributed by atoms with Crippen LogP contribution in [0.15, 0.2) is 24.3 Å². The predicted molar refractivity (Wildman–Crippen MR) is 71.0 cm³/mol. The number of para-hydroxylation sites is 2. The van der Waals surface area contributed by atoms with Crippen molar-refractivity contribution < 1.29 is 21.6 Å². The van der Waals surface area contributed by atoms with Gasteiger partial charge in [0.2, 0.25) is 15.9 Å². The van der Waals surface area contributed by atoms with Gasteiger partial charge >= 0.3 is 0 Å². The van der Waals surface area contributed by atoms with Crippen molar-refractivity contribution in [3.05, 3.63) is 24.3 Å². The molecule has 0 aromatic heterocycles. The molecule has 9 heteroatoms. The first-order valence-corrected chi connectivity index (χ1v) is 8.93. The van der Waals surface area contributed by atoms with E-state index in [1.54, 1.807) is 18.2 Å². The van der Waals surface area contributed by atoms with E-state index >= 15 is 0 Å². The fraction of sp³-hybridized carbons (Fsp3) is 0.300. The van der Waals surface area contributed by atoms with Crippen molar-refractivity contribution in [2.24, 2.45) is 0 Å². The summed E-state index contributed by atoms with van der Waals surface area (Å²) >= 11 is 0. The van der Waals surface area contributed by atoms with E-state index in [9.17, 15) is 21.6 Å². The van der Waals surface area contributed by atoms with Crippen molar-refractivity contribution >= 4 is 37.1 Å². The molecule has 1 aliphatic heterocycles. The second-order valence-corrected chi connectivity index (χ2v) is 8.63. The number of sulfone groups is 1. The number of benzene rings is 1. The highest BCUT2D eigenvalue weighted by Gasteiger charge is 2.33. The van der Waals surface area contributed by atoms with Crippen LogP contribution in [0.1, 0.15) is 0 Å². The molecule has 1 heterocycles. The molecule has 1 amide bonds. The van der Waals surface area contributed by atoms with E-state index in [0.29, 0.717) is 5.69 Å². The van der Waals surface area contributed by atoms with Gasteiger partial charge in [-0.05, 0) is 12.1 Å². The fourth-order valence-corrected chi connectivity index (χ4v) is 5.23. The van der Waals surface area contributed by atoms with Gasteiger partial charge in [-0.25, -0.2) is 16.8 Å². The molecular formula is C10H12N2O5S2. The number of sulfonamides is 1. The van der Waals surface area contributed by atoms with Gasteiger partial charge in [-0.15, -0.1) is 0 Å². The smallest absolute Gasteiger partial charge is 0.250 e. The molecule has 0 atom stereocenters. The van der Waals surface area contributed by atoms with Crippen LogP contribution in [0.4, 0.5) is 11.4 Å². The Morgan fingerprint density at radius 3 is 2.47 bits per heavy atom. The number of carbonyl (C=O) groups is 1. The predicted octanol–water partition coefficient (Wildman–Crippen LogP) is -0.223. The first kappa shape index (κ1) is 13.8. The normalized spacial score (nSPS) is 15.8. The highest BCUT2D eigenvalue weighted by molar-refractivity contribution is 8.08. The van der Waals surface area contributed by atoms with Gasteiger partial charge in [-0.1, -0.05) is 12.1 Å². The van der Waals surface area contributed by atoms with Crippen LogP contribution in [0.3, 0.4) is 0 Å². The number of fused-ring (bicyclic) bond motifs is 1. The summed E-state index contributed by atoms with van der Waals surface area (Å²) in [5.74, 6) is -0.504. The fourth-order valence-electron chi connectivity index (χ4n) is 1.78. The second-order valence-electron chi connectivity index (χ2n) is 4.23. The molecule has 7 nitrogen and oxygen atoms in total. The average molecular weight is 304 g/mol. The van der Waals surface area contributed by atoms with Crippen LogP contribution in [0, 0.1) is 0 Å². The first-order chi connectivity index (χ1) is 8.69. The zero-order chi connectivity index (χ0) is 14.3. The summed E-state index contributed by atoms with van der Waals surface area (Å²) in [5, 5.41) is 1.50. The van der Waals surface area contributed by atoms with Crippen molar-refractivity contribution in [1.82, 2.24) is 0 Å². The topological polar surface area (TPSA) is 101 Å². The maximum Gasteiger partial charge on any atom is 0.250 e. The van der Waals surface area contributed by atoms with Crippen LogP contribution in [0.25, 0.3) is 0 Å². The first-order valence-electron chi connectivity index (χ1n) is 5.26. The van der Waals surface area contributed by atoms with E-state index in [2.05, 4.69) is 5.32 Å². The van der Waals surface area contributed by atoms with Crippen molar-refractivity contribution in [2.45, 2.75) is 0 Å². The van der Waals surface area contributed by atoms with Gasteiger partial charge < -0.3 is 5.32 Å². The summed E-state index contributed by atoms with van der Waals surface area (Å²) in [5.41, 5.74) is 0.613. The summed E-state index contributed by atoms with van der Waals surface area (Å²) in [6, 6.07) is 6.31. The van der Waals surface area contributed by atoms with E-state index in [-0.39, 0.29) is 5.69 Å². The molecule has 19 heavy (non-hydrogen) atoms. The molecule has 1 aliphatic rings. The van der Waals surface area contributed by atoms with Crippen molar-refractivity contribution in [3.8, 4) is 0 Å². The Morgan fingerprint density at radius 2 is 1.84 bits per heavy atom. The van der Waals surface area contributed by atoms with E-state index in [0.717, 1.165) is 10.6 Å². The summed E-state index contributed by atoms with van der Waals surface area (Å²) in [7, 11) is -7.82. The Morgan fingerprint density at radius 1 is 1.21 bits per heavy atom. The zero-order valence-electron chi connectivity index (χ0n) is 10.0. The van der Waals surface area contributed by atoms with Crippen molar-refractivity contribution in [3.63, 3.8) is 0 Å². The molecule has 1 aromatic carbocycles. The minimum absolute atomic E-state index is 0.269. The molecule has 0 unspecified atom stereocenters. The molecule has 0 saturated heterocycles. The Balaban J connectivity index is 2.49. The largest absolute Gasteiger partial charge is 0.323 e. The minimum atomic E-state index is -4.10. The molecule has 0 bridgehead atoms. The number of carbonyl (C=O) groups excluding carboxylic acids is 1. The molecular weight excluding hydrogens is 292 g/mol. The molecule has 0 aliphatic carbocycles. The van der Waals surface area contributed by atoms with Gasteiger partial charge in [0.05, 0.1) is 11.4 Å². The summed E-state index contributed by atoms with van der Waals surface area (Å²) in [6.07, 6.45) is 0.834. The number of rotatable bonds is 3. The maximum atomic E-state index is 12.1. The lowest BCUT2D eigenvalue weighted by molar-refractivity contribution is -0.115. The van der Waals surface area contributed by atoms with Gasteiger partial charge in [-0.2, -0.15) is 0 Å². The van der Waals surface area contributed by atoms with Gasteiger partial charge in [-0.3, -0.25) is 9.10 Å². The van der Waals surface area contributed by atoms with Crippen LogP contribution in [-0.4, -0.2) is 40.6 Å². The molecule has 0 fully saturated rings. The van der Waals surface area contributed by atoms with E-state index in [4.69, 9.17) is 0 Å². The Kier molecular flexibility index (Phi) is 3.27. The zero-order valence-corrected chi connectivity index (χ0v) is 11.7. The summed E-state index contributed by atoms with van der Waals surface area (Å²) in [4.78, 5) is 11.5. The highest BCUT2D eigenvalue weighted by atomic mass is 32.3. The molecule has 1 N–H and O–H groups in total. The second kappa shape index (κ2) is 4.49. The minimum Gasteiger partial charge on any atom is -0.323 e. The Labute approximate surface area is 111 Å². The molecule has 0 radical (unpaired) electrons. The number of anilines is 2. The van der Waals surface area contributed by atoms with E-state index in [1.165, 1.54) is 6.07 Å². The van der Waals surface area contributed by atoms with Crippen molar-refractivity contribution in [2.75, 3.05) is 27.5 Å².